The van der Waals surface area contributed by atoms with Gasteiger partial charge in [0.15, 0.2) is 17.5 Å². The van der Waals surface area contributed by atoms with Crippen LogP contribution in [0.2, 0.25) is 5.15 Å². The number of hydrogen-bond acceptors (Lipinski definition) is 8. The van der Waals surface area contributed by atoms with E-state index < -0.39 is 11.6 Å². The summed E-state index contributed by atoms with van der Waals surface area (Å²) >= 11 is 5.97. The van der Waals surface area contributed by atoms with Crippen LogP contribution < -0.4 is 15.4 Å². The third-order valence-electron chi connectivity index (χ3n) is 4.68. The van der Waals surface area contributed by atoms with Gasteiger partial charge in [0.2, 0.25) is 0 Å². The Bertz CT molecular complexity index is 1350. The molecule has 32 heavy (non-hydrogen) atoms. The molecule has 0 fully saturated rings. The molecule has 0 aliphatic rings. The summed E-state index contributed by atoms with van der Waals surface area (Å²) in [5.74, 6) is -0.690. The number of halogens is 3. The lowest BCUT2D eigenvalue weighted by atomic mass is 10.1. The summed E-state index contributed by atoms with van der Waals surface area (Å²) in [6.07, 6.45) is 1.33. The molecule has 11 heteroatoms. The van der Waals surface area contributed by atoms with Gasteiger partial charge in [0.25, 0.3) is 0 Å². The monoisotopic (exact) mass is 455 g/mol. The Labute approximate surface area is 186 Å². The molecule has 0 bridgehead atoms. The van der Waals surface area contributed by atoms with Crippen LogP contribution >= 0.6 is 11.6 Å². The van der Waals surface area contributed by atoms with Gasteiger partial charge in [-0.3, -0.25) is 0 Å². The zero-order valence-electron chi connectivity index (χ0n) is 16.9. The molecule has 0 aliphatic carbocycles. The van der Waals surface area contributed by atoms with Crippen molar-refractivity contribution in [1.82, 2.24) is 15.0 Å². The Hall–Kier alpha value is -3.92. The predicted octanol–water partition coefficient (Wildman–Crippen LogP) is 6.50. The summed E-state index contributed by atoms with van der Waals surface area (Å²) in [4.78, 5) is 12.5. The van der Waals surface area contributed by atoms with Gasteiger partial charge >= 0.3 is 0 Å². The van der Waals surface area contributed by atoms with Gasteiger partial charge in [-0.25, -0.2) is 29.3 Å². The number of nitrogens with zero attached hydrogens (tertiary/aromatic N) is 4. The first kappa shape index (κ1) is 21.3. The highest BCUT2D eigenvalue weighted by molar-refractivity contribution is 6.29. The summed E-state index contributed by atoms with van der Waals surface area (Å²) in [5, 5.41) is 9.09. The molecule has 2 heterocycles. The molecule has 4 rings (SSSR count). The van der Waals surface area contributed by atoms with E-state index in [9.17, 15) is 4.39 Å². The molecular weight excluding hydrogens is 440 g/mol. The van der Waals surface area contributed by atoms with Crippen LogP contribution in [-0.4, -0.2) is 22.0 Å². The Morgan fingerprint density at radius 2 is 1.94 bits per heavy atom. The van der Waals surface area contributed by atoms with E-state index in [0.717, 1.165) is 6.07 Å². The highest BCUT2D eigenvalue weighted by Crippen LogP contribution is 2.37. The Morgan fingerprint density at radius 1 is 1.12 bits per heavy atom. The number of rotatable bonds is 6. The molecule has 8 nitrogen and oxygen atoms in total. The highest BCUT2D eigenvalue weighted by atomic mass is 35.5. The van der Waals surface area contributed by atoms with Crippen molar-refractivity contribution < 1.29 is 13.5 Å². The number of fused-ring (bicyclic) bond motifs is 1. The highest BCUT2D eigenvalue weighted by Gasteiger charge is 2.16. The van der Waals surface area contributed by atoms with Gasteiger partial charge in [-0.2, -0.15) is 5.11 Å². The van der Waals surface area contributed by atoms with Crippen molar-refractivity contribution in [3.05, 3.63) is 65.1 Å². The Morgan fingerprint density at radius 3 is 2.69 bits per heavy atom. The summed E-state index contributed by atoms with van der Waals surface area (Å²) in [5.41, 5.74) is 8.60. The molecule has 162 valence electrons. The van der Waals surface area contributed by atoms with E-state index in [2.05, 4.69) is 30.7 Å². The van der Waals surface area contributed by atoms with Crippen molar-refractivity contribution in [2.24, 2.45) is 5.11 Å². The van der Waals surface area contributed by atoms with Crippen molar-refractivity contribution in [2.45, 2.75) is 6.92 Å². The van der Waals surface area contributed by atoms with Crippen LogP contribution in [0.15, 0.2) is 47.8 Å². The van der Waals surface area contributed by atoms with Crippen molar-refractivity contribution in [2.75, 3.05) is 17.7 Å². The number of hydrogen-bond donors (Lipinski definition) is 3. The number of aromatic nitrogens is 3. The van der Waals surface area contributed by atoms with Gasteiger partial charge < -0.3 is 15.4 Å². The van der Waals surface area contributed by atoms with Crippen LogP contribution in [0.5, 0.6) is 11.5 Å². The largest absolute Gasteiger partial charge is 0.457 e. The maximum Gasteiger partial charge on any atom is 0.160 e. The zero-order valence-corrected chi connectivity index (χ0v) is 17.6. The summed E-state index contributed by atoms with van der Waals surface area (Å²) in [6.45, 7) is 1.52. The SMILES string of the molecule is CNc1c(F)cc(Oc2ccc(Nc3ncnc4ccc(Cl)nc34)c(F)c2C)cc1N=N. The van der Waals surface area contributed by atoms with E-state index in [1.54, 1.807) is 12.1 Å². The Kier molecular flexibility index (Phi) is 5.78. The Balaban J connectivity index is 1.66. The molecule has 0 atom stereocenters. The van der Waals surface area contributed by atoms with Gasteiger partial charge in [-0.1, -0.05) is 11.6 Å². The second-order valence-electron chi connectivity index (χ2n) is 6.66. The first-order valence-corrected chi connectivity index (χ1v) is 9.69. The van der Waals surface area contributed by atoms with Crippen molar-refractivity contribution in [3.63, 3.8) is 0 Å². The molecule has 0 spiro atoms. The lowest BCUT2D eigenvalue weighted by molar-refractivity contribution is 0.467. The number of ether oxygens (including phenoxy) is 1. The molecule has 0 saturated heterocycles. The van der Waals surface area contributed by atoms with Crippen LogP contribution in [0.1, 0.15) is 5.56 Å². The molecule has 2 aromatic carbocycles. The average Bonchev–Trinajstić information content (AvgIpc) is 2.78. The molecule has 0 aliphatic heterocycles. The number of benzene rings is 2. The van der Waals surface area contributed by atoms with E-state index in [4.69, 9.17) is 21.9 Å². The van der Waals surface area contributed by atoms with Gasteiger partial charge in [-0.15, -0.1) is 0 Å². The standard InChI is InChI=1S/C21H16ClF2N7O/c1-10-16(32-11-7-12(23)19(26-2)15(8-11)31-25)5-3-13(18(10)24)29-21-20-14(27-9-28-21)4-6-17(22)30-20/h3-9,25-26H,1-2H3,(H,27,28,29). The van der Waals surface area contributed by atoms with Crippen LogP contribution in [0.3, 0.4) is 0 Å². The molecular formula is C21H16ClF2N7O. The van der Waals surface area contributed by atoms with Crippen molar-refractivity contribution in [1.29, 1.82) is 5.53 Å². The van der Waals surface area contributed by atoms with Crippen LogP contribution in [0.25, 0.3) is 11.0 Å². The maximum absolute atomic E-state index is 15.1. The molecule has 4 aromatic rings. The number of pyridine rings is 1. The van der Waals surface area contributed by atoms with E-state index >= 15 is 4.39 Å². The fraction of sp³-hybridized carbons (Fsp3) is 0.0952. The fourth-order valence-corrected chi connectivity index (χ4v) is 3.25. The predicted molar refractivity (Wildman–Crippen MR) is 118 cm³/mol. The summed E-state index contributed by atoms with van der Waals surface area (Å²) in [6, 6.07) is 8.80. The van der Waals surface area contributed by atoms with Crippen molar-refractivity contribution >= 4 is 45.5 Å². The first-order valence-electron chi connectivity index (χ1n) is 9.31. The molecule has 0 radical (unpaired) electrons. The lowest BCUT2D eigenvalue weighted by Gasteiger charge is -2.15. The normalized spacial score (nSPS) is 10.8. The van der Waals surface area contributed by atoms with Crippen LogP contribution in [-0.2, 0) is 0 Å². The molecule has 0 amide bonds. The van der Waals surface area contributed by atoms with Crippen LogP contribution in [0, 0.1) is 24.1 Å². The first-order chi connectivity index (χ1) is 15.4. The third-order valence-corrected chi connectivity index (χ3v) is 4.89. The summed E-state index contributed by atoms with van der Waals surface area (Å²) < 4.78 is 35.0. The van der Waals surface area contributed by atoms with Gasteiger partial charge in [0.05, 0.1) is 16.9 Å². The van der Waals surface area contributed by atoms with Gasteiger partial charge in [-0.05, 0) is 31.2 Å². The third kappa shape index (κ3) is 4.00. The van der Waals surface area contributed by atoms with Gasteiger partial charge in [0.1, 0.15) is 34.2 Å². The topological polar surface area (TPSA) is 108 Å². The second kappa shape index (κ2) is 8.67. The second-order valence-corrected chi connectivity index (χ2v) is 7.05. The van der Waals surface area contributed by atoms with E-state index in [0.29, 0.717) is 11.0 Å². The van der Waals surface area contributed by atoms with Gasteiger partial charge in [0, 0.05) is 24.7 Å². The van der Waals surface area contributed by atoms with Crippen LogP contribution in [0.4, 0.5) is 31.7 Å². The fourth-order valence-electron chi connectivity index (χ4n) is 3.10. The average molecular weight is 456 g/mol. The minimum Gasteiger partial charge on any atom is -0.457 e. The minimum atomic E-state index is -0.644. The minimum absolute atomic E-state index is 0.0562. The van der Waals surface area contributed by atoms with E-state index in [1.807, 2.05) is 0 Å². The molecule has 0 saturated carbocycles. The molecule has 0 unspecified atom stereocenters. The maximum atomic E-state index is 15.1. The summed E-state index contributed by atoms with van der Waals surface area (Å²) in [7, 11) is 1.52. The molecule has 3 N–H and O–H groups in total. The zero-order chi connectivity index (χ0) is 22.8. The van der Waals surface area contributed by atoms with E-state index in [-0.39, 0.29) is 45.1 Å². The van der Waals surface area contributed by atoms with E-state index in [1.165, 1.54) is 38.5 Å². The number of nitrogens with one attached hydrogen (secondary N) is 3. The smallest absolute Gasteiger partial charge is 0.160 e. The quantitative estimate of drug-likeness (QED) is 0.226. The number of anilines is 3. The molecule has 2 aromatic heterocycles. The van der Waals surface area contributed by atoms with Crippen molar-refractivity contribution in [3.8, 4) is 11.5 Å². The lowest BCUT2D eigenvalue weighted by Crippen LogP contribution is -2.02.